The highest BCUT2D eigenvalue weighted by Gasteiger charge is 2.29. The molecule has 0 aromatic rings. The first-order valence-corrected chi connectivity index (χ1v) is 9.18. The lowest BCUT2D eigenvalue weighted by atomic mass is 10.0. The van der Waals surface area contributed by atoms with Gasteiger partial charge in [0.1, 0.15) is 0 Å². The van der Waals surface area contributed by atoms with Gasteiger partial charge in [0.2, 0.25) is 0 Å². The Hall–Kier alpha value is -0.120. The zero-order valence-corrected chi connectivity index (χ0v) is 17.6. The summed E-state index contributed by atoms with van der Waals surface area (Å²) < 4.78 is 11.2. The van der Waals surface area contributed by atoms with Crippen molar-refractivity contribution < 1.29 is 9.47 Å². The van der Waals surface area contributed by atoms with Gasteiger partial charge in [-0.3, -0.25) is 9.89 Å². The monoisotopic (exact) mass is 454 g/mol. The van der Waals surface area contributed by atoms with E-state index in [0.29, 0.717) is 0 Å². The number of hydrogen-bond donors (Lipinski definition) is 2. The summed E-state index contributed by atoms with van der Waals surface area (Å²) in [5.41, 5.74) is -0.0707. The van der Waals surface area contributed by atoms with E-state index in [2.05, 4.69) is 29.4 Å². The fourth-order valence-corrected chi connectivity index (χ4v) is 3.04. The Morgan fingerprint density at radius 3 is 2.62 bits per heavy atom. The van der Waals surface area contributed by atoms with Crippen LogP contribution < -0.4 is 10.6 Å². The van der Waals surface area contributed by atoms with Gasteiger partial charge in [-0.25, -0.2) is 0 Å². The number of nitrogens with one attached hydrogen (secondary N) is 2. The van der Waals surface area contributed by atoms with Crippen LogP contribution in [-0.2, 0) is 9.47 Å². The Labute approximate surface area is 164 Å². The SMILES string of the molecule is CCNC(=NCC1(C)CCCO1)NCCCCN1CCOCC1.I. The highest BCUT2D eigenvalue weighted by atomic mass is 127. The predicted molar refractivity (Wildman–Crippen MR) is 109 cm³/mol. The van der Waals surface area contributed by atoms with Gasteiger partial charge in [0.15, 0.2) is 5.96 Å². The molecule has 2 aliphatic heterocycles. The lowest BCUT2D eigenvalue weighted by molar-refractivity contribution is 0.0283. The summed E-state index contributed by atoms with van der Waals surface area (Å²) in [5, 5.41) is 6.76. The molecule has 142 valence electrons. The lowest BCUT2D eigenvalue weighted by Crippen LogP contribution is -2.40. The second kappa shape index (κ2) is 12.3. The molecular formula is C17H35IN4O2. The van der Waals surface area contributed by atoms with E-state index in [0.717, 1.165) is 77.8 Å². The van der Waals surface area contributed by atoms with Gasteiger partial charge in [-0.15, -0.1) is 24.0 Å². The molecule has 7 heteroatoms. The molecule has 0 amide bonds. The fraction of sp³-hybridized carbons (Fsp3) is 0.941. The molecule has 24 heavy (non-hydrogen) atoms. The van der Waals surface area contributed by atoms with Crippen LogP contribution in [0.15, 0.2) is 4.99 Å². The second-order valence-corrected chi connectivity index (χ2v) is 6.68. The number of guanidine groups is 1. The van der Waals surface area contributed by atoms with Crippen molar-refractivity contribution in [3.63, 3.8) is 0 Å². The van der Waals surface area contributed by atoms with Gasteiger partial charge < -0.3 is 20.1 Å². The standard InChI is InChI=1S/C17H34N4O2.HI/c1-3-18-16(20-15-17(2)7-6-12-23-17)19-8-4-5-9-21-10-13-22-14-11-21;/h3-15H2,1-2H3,(H2,18,19,20);1H. The number of rotatable bonds is 8. The Morgan fingerprint density at radius 2 is 1.96 bits per heavy atom. The normalized spacial score (nSPS) is 25.3. The Morgan fingerprint density at radius 1 is 1.17 bits per heavy atom. The van der Waals surface area contributed by atoms with Crippen molar-refractivity contribution in [1.29, 1.82) is 0 Å². The Kier molecular flexibility index (Phi) is 11.2. The van der Waals surface area contributed by atoms with Crippen LogP contribution in [0.4, 0.5) is 0 Å². The smallest absolute Gasteiger partial charge is 0.191 e. The van der Waals surface area contributed by atoms with Crippen LogP contribution in [0.1, 0.15) is 39.5 Å². The first kappa shape index (κ1) is 21.9. The van der Waals surface area contributed by atoms with Crippen LogP contribution >= 0.6 is 24.0 Å². The van der Waals surface area contributed by atoms with Crippen molar-refractivity contribution in [2.75, 3.05) is 59.1 Å². The van der Waals surface area contributed by atoms with E-state index >= 15 is 0 Å². The number of aliphatic imine (C=N–C) groups is 1. The maximum atomic E-state index is 5.80. The summed E-state index contributed by atoms with van der Waals surface area (Å²) in [7, 11) is 0. The number of nitrogens with zero attached hydrogens (tertiary/aromatic N) is 2. The van der Waals surface area contributed by atoms with E-state index in [-0.39, 0.29) is 29.6 Å². The van der Waals surface area contributed by atoms with Crippen molar-refractivity contribution >= 4 is 29.9 Å². The maximum Gasteiger partial charge on any atom is 0.191 e. The summed E-state index contributed by atoms with van der Waals surface area (Å²) in [6, 6.07) is 0. The summed E-state index contributed by atoms with van der Waals surface area (Å²) in [6.07, 6.45) is 4.63. The van der Waals surface area contributed by atoms with Crippen LogP contribution in [0.25, 0.3) is 0 Å². The van der Waals surface area contributed by atoms with Crippen LogP contribution in [0.5, 0.6) is 0 Å². The molecule has 2 fully saturated rings. The summed E-state index contributed by atoms with van der Waals surface area (Å²) in [5.74, 6) is 0.913. The van der Waals surface area contributed by atoms with E-state index in [1.807, 2.05) is 0 Å². The predicted octanol–water partition coefficient (Wildman–Crippen LogP) is 1.84. The van der Waals surface area contributed by atoms with Gasteiger partial charge in [-0.2, -0.15) is 0 Å². The summed E-state index contributed by atoms with van der Waals surface area (Å²) >= 11 is 0. The van der Waals surface area contributed by atoms with Crippen LogP contribution in [0.2, 0.25) is 0 Å². The largest absolute Gasteiger partial charge is 0.379 e. The van der Waals surface area contributed by atoms with Crippen molar-refractivity contribution in [2.45, 2.75) is 45.1 Å². The molecule has 6 nitrogen and oxygen atoms in total. The molecule has 0 aromatic carbocycles. The molecule has 0 aromatic heterocycles. The minimum atomic E-state index is -0.0707. The first-order valence-electron chi connectivity index (χ1n) is 9.18. The zero-order chi connectivity index (χ0) is 16.4. The fourth-order valence-electron chi connectivity index (χ4n) is 3.04. The minimum Gasteiger partial charge on any atom is -0.379 e. The molecule has 2 N–H and O–H groups in total. The highest BCUT2D eigenvalue weighted by molar-refractivity contribution is 14.0. The van der Waals surface area contributed by atoms with Crippen molar-refractivity contribution in [3.05, 3.63) is 0 Å². The van der Waals surface area contributed by atoms with Gasteiger partial charge in [0.05, 0.1) is 25.4 Å². The number of hydrogen-bond acceptors (Lipinski definition) is 4. The molecule has 0 spiro atoms. The third-order valence-corrected chi connectivity index (χ3v) is 4.51. The van der Waals surface area contributed by atoms with Gasteiger partial charge in [0, 0.05) is 32.8 Å². The molecule has 1 unspecified atom stereocenters. The maximum absolute atomic E-state index is 5.80. The van der Waals surface area contributed by atoms with Crippen LogP contribution in [0.3, 0.4) is 0 Å². The van der Waals surface area contributed by atoms with E-state index in [4.69, 9.17) is 14.5 Å². The lowest BCUT2D eigenvalue weighted by Gasteiger charge is -2.26. The molecule has 2 saturated heterocycles. The molecule has 2 heterocycles. The average Bonchev–Trinajstić information content (AvgIpc) is 3.00. The van der Waals surface area contributed by atoms with Crippen molar-refractivity contribution in [3.8, 4) is 0 Å². The Bertz CT molecular complexity index is 356. The molecule has 0 aliphatic carbocycles. The molecule has 2 rings (SSSR count). The van der Waals surface area contributed by atoms with Gasteiger partial charge in [-0.05, 0) is 46.1 Å². The highest BCUT2D eigenvalue weighted by Crippen LogP contribution is 2.24. The summed E-state index contributed by atoms with van der Waals surface area (Å²) in [4.78, 5) is 7.18. The molecular weight excluding hydrogens is 419 g/mol. The second-order valence-electron chi connectivity index (χ2n) is 6.68. The quantitative estimate of drug-likeness (QED) is 0.254. The molecule has 1 atom stereocenters. The molecule has 0 saturated carbocycles. The first-order chi connectivity index (χ1) is 11.2. The number of halogens is 1. The summed E-state index contributed by atoms with van der Waals surface area (Å²) in [6.45, 7) is 12.8. The molecule has 0 bridgehead atoms. The number of unbranched alkanes of at least 4 members (excludes halogenated alkanes) is 1. The van der Waals surface area contributed by atoms with Crippen LogP contribution in [-0.4, -0.2) is 75.5 Å². The third kappa shape index (κ3) is 8.31. The van der Waals surface area contributed by atoms with Gasteiger partial charge >= 0.3 is 0 Å². The number of ether oxygens (including phenoxy) is 2. The van der Waals surface area contributed by atoms with Crippen LogP contribution in [0, 0.1) is 0 Å². The van der Waals surface area contributed by atoms with Crippen molar-refractivity contribution in [1.82, 2.24) is 15.5 Å². The molecule has 0 radical (unpaired) electrons. The van der Waals surface area contributed by atoms with E-state index in [1.54, 1.807) is 0 Å². The van der Waals surface area contributed by atoms with Gasteiger partial charge in [0.25, 0.3) is 0 Å². The minimum absolute atomic E-state index is 0. The zero-order valence-electron chi connectivity index (χ0n) is 15.3. The third-order valence-electron chi connectivity index (χ3n) is 4.51. The number of morpholine rings is 1. The van der Waals surface area contributed by atoms with Crippen molar-refractivity contribution in [2.24, 2.45) is 4.99 Å². The topological polar surface area (TPSA) is 58.1 Å². The Balaban J connectivity index is 0.00000288. The van der Waals surface area contributed by atoms with Gasteiger partial charge in [-0.1, -0.05) is 0 Å². The van der Waals surface area contributed by atoms with E-state index in [9.17, 15) is 0 Å². The average molecular weight is 454 g/mol. The van der Waals surface area contributed by atoms with E-state index < -0.39 is 0 Å². The molecule has 2 aliphatic rings. The van der Waals surface area contributed by atoms with E-state index in [1.165, 1.54) is 13.0 Å².